The second-order valence-electron chi connectivity index (χ2n) is 11.8. The number of fused-ring (bicyclic) bond motifs is 3. The maximum Gasteiger partial charge on any atom is 0.0668 e. The van der Waals surface area contributed by atoms with Crippen molar-refractivity contribution in [3.05, 3.63) is 174 Å². The van der Waals surface area contributed by atoms with Gasteiger partial charge in [0.25, 0.3) is 0 Å². The smallest absolute Gasteiger partial charge is 0.0668 e. The number of aryl methyl sites for hydroxylation is 1. The molecule has 1 heterocycles. The Balaban J connectivity index is 1.13. The molecule has 7 aromatic rings. The number of aliphatic imine (C=N–C) groups is 1. The quantitative estimate of drug-likeness (QED) is 0.178. The van der Waals surface area contributed by atoms with Crippen molar-refractivity contribution in [2.24, 2.45) is 4.99 Å². The summed E-state index contributed by atoms with van der Waals surface area (Å²) in [7, 11) is 0. The Bertz CT molecular complexity index is 2070. The van der Waals surface area contributed by atoms with E-state index in [4.69, 9.17) is 4.99 Å². The number of hydrogen-bond donors (Lipinski definition) is 0. The van der Waals surface area contributed by atoms with Crippen molar-refractivity contribution in [2.75, 3.05) is 0 Å². The summed E-state index contributed by atoms with van der Waals surface area (Å²) in [6.07, 6.45) is 3.11. The van der Waals surface area contributed by atoms with Crippen LogP contribution in [0.4, 0.5) is 5.69 Å². The van der Waals surface area contributed by atoms with Crippen LogP contribution < -0.4 is 0 Å². The molecule has 210 valence electrons. The molecule has 1 aliphatic heterocycles. The van der Waals surface area contributed by atoms with Gasteiger partial charge < -0.3 is 0 Å². The van der Waals surface area contributed by atoms with Gasteiger partial charge in [-0.05, 0) is 91.7 Å². The Labute approximate surface area is 259 Å². The Morgan fingerprint density at radius 2 is 0.932 bits per heavy atom. The standard InChI is InChI=1S/C43H33N/c1-3-13-31(14-4-1)41-29-34(35-17-11-12-22-40(35)44-41)28-25-30-23-26-33(27-24-30)43-38-20-9-7-18-36(38)42(32-15-5-2-6-16-32)37-19-8-10-21-39(37)43/h1-24,26-27,34H,25,28-29H2. The Morgan fingerprint density at radius 3 is 1.52 bits per heavy atom. The third-order valence-electron chi connectivity index (χ3n) is 9.20. The van der Waals surface area contributed by atoms with E-state index in [1.165, 1.54) is 66.2 Å². The maximum absolute atomic E-state index is 5.06. The SMILES string of the molecule is c1ccc(C2=Nc3ccccc3C(CCc3ccc(-c4c5ccccc5c(-c5ccccc5)c5ccccc45)cc3)C2)cc1. The summed E-state index contributed by atoms with van der Waals surface area (Å²) in [4.78, 5) is 5.06. The second kappa shape index (κ2) is 11.4. The molecule has 8 rings (SSSR count). The van der Waals surface area contributed by atoms with E-state index in [0.29, 0.717) is 5.92 Å². The molecule has 1 nitrogen and oxygen atoms in total. The van der Waals surface area contributed by atoms with Crippen LogP contribution in [0.25, 0.3) is 43.8 Å². The lowest BCUT2D eigenvalue weighted by Gasteiger charge is -2.25. The predicted molar refractivity (Wildman–Crippen MR) is 187 cm³/mol. The van der Waals surface area contributed by atoms with Crippen LogP contribution >= 0.6 is 0 Å². The number of nitrogens with zero attached hydrogens (tertiary/aromatic N) is 1. The summed E-state index contributed by atoms with van der Waals surface area (Å²) in [6.45, 7) is 0. The fraction of sp³-hybridized carbons (Fsp3) is 0.0930. The zero-order valence-electron chi connectivity index (χ0n) is 24.7. The van der Waals surface area contributed by atoms with Gasteiger partial charge in [0, 0.05) is 5.71 Å². The fourth-order valence-electron chi connectivity index (χ4n) is 7.07. The molecule has 0 saturated heterocycles. The Morgan fingerprint density at radius 1 is 0.455 bits per heavy atom. The summed E-state index contributed by atoms with van der Waals surface area (Å²) in [6, 6.07) is 57.2. The molecular formula is C43H33N. The molecule has 0 bridgehead atoms. The first kappa shape index (κ1) is 26.4. The van der Waals surface area contributed by atoms with E-state index in [1.54, 1.807) is 0 Å². The van der Waals surface area contributed by atoms with E-state index in [1.807, 2.05) is 0 Å². The molecule has 0 N–H and O–H groups in total. The largest absolute Gasteiger partial charge is 0.253 e. The zero-order chi connectivity index (χ0) is 29.3. The highest BCUT2D eigenvalue weighted by molar-refractivity contribution is 6.21. The van der Waals surface area contributed by atoms with Crippen molar-refractivity contribution in [3.8, 4) is 22.3 Å². The molecule has 0 aliphatic carbocycles. The van der Waals surface area contributed by atoms with Gasteiger partial charge in [0.15, 0.2) is 0 Å². The zero-order valence-corrected chi connectivity index (χ0v) is 24.7. The number of rotatable bonds is 6. The van der Waals surface area contributed by atoms with Crippen molar-refractivity contribution < 1.29 is 0 Å². The number of benzene rings is 7. The fourth-order valence-corrected chi connectivity index (χ4v) is 7.07. The molecule has 0 radical (unpaired) electrons. The Hall–Kier alpha value is -5.27. The molecule has 0 saturated carbocycles. The third kappa shape index (κ3) is 4.81. The van der Waals surface area contributed by atoms with E-state index in [0.717, 1.165) is 24.9 Å². The molecule has 1 heteroatoms. The lowest BCUT2D eigenvalue weighted by atomic mass is 9.83. The van der Waals surface area contributed by atoms with E-state index in [9.17, 15) is 0 Å². The average molecular weight is 564 g/mol. The van der Waals surface area contributed by atoms with Gasteiger partial charge >= 0.3 is 0 Å². The minimum Gasteiger partial charge on any atom is -0.253 e. The topological polar surface area (TPSA) is 12.4 Å². The van der Waals surface area contributed by atoms with E-state index < -0.39 is 0 Å². The van der Waals surface area contributed by atoms with E-state index in [2.05, 4.69) is 158 Å². The summed E-state index contributed by atoms with van der Waals surface area (Å²) >= 11 is 0. The highest BCUT2D eigenvalue weighted by Gasteiger charge is 2.23. The van der Waals surface area contributed by atoms with E-state index >= 15 is 0 Å². The van der Waals surface area contributed by atoms with Crippen LogP contribution in [0.2, 0.25) is 0 Å². The average Bonchev–Trinajstić information content (AvgIpc) is 3.10. The van der Waals surface area contributed by atoms with Gasteiger partial charge in [0.05, 0.1) is 5.69 Å². The first-order valence-electron chi connectivity index (χ1n) is 15.6. The van der Waals surface area contributed by atoms with Crippen molar-refractivity contribution in [1.29, 1.82) is 0 Å². The van der Waals surface area contributed by atoms with Gasteiger partial charge in [0.1, 0.15) is 0 Å². The molecular weight excluding hydrogens is 530 g/mol. The maximum atomic E-state index is 5.06. The summed E-state index contributed by atoms with van der Waals surface area (Å²) < 4.78 is 0. The molecule has 0 amide bonds. The number of hydrogen-bond acceptors (Lipinski definition) is 1. The van der Waals surface area contributed by atoms with Gasteiger partial charge in [-0.2, -0.15) is 0 Å². The lowest BCUT2D eigenvalue weighted by Crippen LogP contribution is -2.14. The Kier molecular flexibility index (Phi) is 6.85. The first-order chi connectivity index (χ1) is 21.8. The molecule has 1 aliphatic rings. The molecule has 7 aromatic carbocycles. The van der Waals surface area contributed by atoms with E-state index in [-0.39, 0.29) is 0 Å². The molecule has 44 heavy (non-hydrogen) atoms. The van der Waals surface area contributed by atoms with Crippen LogP contribution in [0.1, 0.15) is 35.4 Å². The normalized spacial score (nSPS) is 14.4. The van der Waals surface area contributed by atoms with Crippen LogP contribution in [0.3, 0.4) is 0 Å². The van der Waals surface area contributed by atoms with Gasteiger partial charge in [-0.15, -0.1) is 0 Å². The van der Waals surface area contributed by atoms with Crippen LogP contribution in [0.15, 0.2) is 163 Å². The molecule has 0 aromatic heterocycles. The molecule has 0 spiro atoms. The van der Waals surface area contributed by atoms with Gasteiger partial charge in [0.2, 0.25) is 0 Å². The highest BCUT2D eigenvalue weighted by atomic mass is 14.8. The summed E-state index contributed by atoms with van der Waals surface area (Å²) in [5.74, 6) is 0.456. The summed E-state index contributed by atoms with van der Waals surface area (Å²) in [5.41, 5.74) is 11.4. The van der Waals surface area contributed by atoms with Gasteiger partial charge in [-0.25, -0.2) is 0 Å². The monoisotopic (exact) mass is 563 g/mol. The van der Waals surface area contributed by atoms with Crippen LogP contribution in [-0.2, 0) is 6.42 Å². The van der Waals surface area contributed by atoms with Crippen LogP contribution in [0.5, 0.6) is 0 Å². The van der Waals surface area contributed by atoms with Crippen molar-refractivity contribution in [3.63, 3.8) is 0 Å². The molecule has 0 fully saturated rings. The minimum atomic E-state index is 0.456. The summed E-state index contributed by atoms with van der Waals surface area (Å²) in [5, 5.41) is 5.18. The van der Waals surface area contributed by atoms with Crippen LogP contribution in [0, 0.1) is 0 Å². The van der Waals surface area contributed by atoms with Crippen molar-refractivity contribution >= 4 is 32.9 Å². The second-order valence-corrected chi connectivity index (χ2v) is 11.8. The van der Waals surface area contributed by atoms with Gasteiger partial charge in [-0.1, -0.05) is 152 Å². The minimum absolute atomic E-state index is 0.456. The molecule has 1 atom stereocenters. The number of para-hydroxylation sites is 1. The van der Waals surface area contributed by atoms with Crippen molar-refractivity contribution in [2.45, 2.75) is 25.2 Å². The third-order valence-corrected chi connectivity index (χ3v) is 9.20. The highest BCUT2D eigenvalue weighted by Crippen LogP contribution is 2.44. The molecule has 1 unspecified atom stereocenters. The predicted octanol–water partition coefficient (Wildman–Crippen LogP) is 11.6. The van der Waals surface area contributed by atoms with Crippen molar-refractivity contribution in [1.82, 2.24) is 0 Å². The van der Waals surface area contributed by atoms with Gasteiger partial charge in [-0.3, -0.25) is 4.99 Å². The first-order valence-corrected chi connectivity index (χ1v) is 15.6. The van der Waals surface area contributed by atoms with Crippen LogP contribution in [-0.4, -0.2) is 5.71 Å². The lowest BCUT2D eigenvalue weighted by molar-refractivity contribution is 0.640.